The first kappa shape index (κ1) is 19.2. The Morgan fingerprint density at radius 1 is 1.37 bits per heavy atom. The van der Waals surface area contributed by atoms with Gasteiger partial charge in [-0.15, -0.1) is 10.2 Å². The van der Waals surface area contributed by atoms with Crippen molar-refractivity contribution < 1.29 is 14.5 Å². The summed E-state index contributed by atoms with van der Waals surface area (Å²) < 4.78 is 7.25. The number of non-ortho nitro benzene ring substituents is 1. The van der Waals surface area contributed by atoms with Gasteiger partial charge in [0, 0.05) is 19.0 Å². The van der Waals surface area contributed by atoms with Crippen molar-refractivity contribution in [3.05, 3.63) is 34.1 Å². The number of fused-ring (bicyclic) bond motifs is 1. The van der Waals surface area contributed by atoms with Gasteiger partial charge in [-0.1, -0.05) is 18.2 Å². The highest BCUT2D eigenvalue weighted by atomic mass is 32.2. The molecule has 9 nitrogen and oxygen atoms in total. The van der Waals surface area contributed by atoms with Crippen LogP contribution in [0.15, 0.2) is 23.4 Å². The number of rotatable bonds is 6. The lowest BCUT2D eigenvalue weighted by Gasteiger charge is -2.14. The summed E-state index contributed by atoms with van der Waals surface area (Å²) in [4.78, 5) is 22.9. The number of ether oxygens (including phenoxy) is 1. The van der Waals surface area contributed by atoms with Gasteiger partial charge in [0.15, 0.2) is 5.16 Å². The number of hydrogen-bond donors (Lipinski definition) is 1. The van der Waals surface area contributed by atoms with Gasteiger partial charge in [-0.25, -0.2) is 0 Å². The van der Waals surface area contributed by atoms with Crippen LogP contribution in [0.25, 0.3) is 0 Å². The molecule has 1 aliphatic rings. The molecule has 0 aliphatic carbocycles. The summed E-state index contributed by atoms with van der Waals surface area (Å²) in [5, 5.41) is 22.4. The summed E-state index contributed by atoms with van der Waals surface area (Å²) in [6.45, 7) is 2.66. The second kappa shape index (κ2) is 8.38. The number of nitrogens with zero attached hydrogens (tertiary/aromatic N) is 4. The summed E-state index contributed by atoms with van der Waals surface area (Å²) in [6, 6.07) is 4.08. The molecular formula is C17H21N5O4S. The predicted octanol–water partition coefficient (Wildman–Crippen LogP) is 3.04. The number of nitrogens with one attached hydrogen (secondary N) is 1. The van der Waals surface area contributed by atoms with Crippen LogP contribution < -0.4 is 10.1 Å². The van der Waals surface area contributed by atoms with E-state index in [-0.39, 0.29) is 17.3 Å². The van der Waals surface area contributed by atoms with Crippen LogP contribution in [0.4, 0.5) is 11.4 Å². The Bertz CT molecular complexity index is 854. The fraction of sp³-hybridized carbons (Fsp3) is 0.471. The summed E-state index contributed by atoms with van der Waals surface area (Å²) in [6.07, 6.45) is 4.27. The second-order valence-electron chi connectivity index (χ2n) is 6.25. The zero-order valence-corrected chi connectivity index (χ0v) is 16.0. The lowest BCUT2D eigenvalue weighted by atomic mass is 10.2. The molecule has 3 rings (SSSR count). The molecule has 2 aromatic rings. The number of carbonyl (C=O) groups is 1. The van der Waals surface area contributed by atoms with E-state index < -0.39 is 10.2 Å². The van der Waals surface area contributed by atoms with Crippen molar-refractivity contribution in [2.24, 2.45) is 0 Å². The zero-order valence-electron chi connectivity index (χ0n) is 15.2. The number of nitro benzene ring substituents is 1. The smallest absolute Gasteiger partial charge is 0.273 e. The van der Waals surface area contributed by atoms with Gasteiger partial charge in [0.2, 0.25) is 5.91 Å². The predicted molar refractivity (Wildman–Crippen MR) is 101 cm³/mol. The number of benzene rings is 1. The van der Waals surface area contributed by atoms with Crippen molar-refractivity contribution in [1.29, 1.82) is 0 Å². The SMILES string of the molecule is COc1cc([N+](=O)[O-])ccc1NC(=O)[C@@H](C)Sc1nnc2n1CCCCC2. The first-order chi connectivity index (χ1) is 13.0. The number of methoxy groups -OCH3 is 1. The minimum Gasteiger partial charge on any atom is -0.494 e. The third kappa shape index (κ3) is 4.38. The first-order valence-electron chi connectivity index (χ1n) is 8.71. The first-order valence-corrected chi connectivity index (χ1v) is 9.59. The van der Waals surface area contributed by atoms with E-state index in [0.717, 1.165) is 36.8 Å². The molecule has 2 heterocycles. The Hall–Kier alpha value is -2.62. The number of carbonyl (C=O) groups excluding carboxylic acids is 1. The molecule has 0 unspecified atom stereocenters. The highest BCUT2D eigenvalue weighted by Gasteiger charge is 2.22. The van der Waals surface area contributed by atoms with Crippen molar-refractivity contribution >= 4 is 29.0 Å². The Balaban J connectivity index is 1.70. The van der Waals surface area contributed by atoms with E-state index in [2.05, 4.69) is 20.1 Å². The largest absolute Gasteiger partial charge is 0.494 e. The molecule has 0 bridgehead atoms. The molecule has 0 fully saturated rings. The standard InChI is InChI=1S/C17H21N5O4S/c1-11(27-17-20-19-15-6-4-3-5-9-21(15)17)16(23)18-13-8-7-12(22(24)25)10-14(13)26-2/h7-8,10-11H,3-6,9H2,1-2H3,(H,18,23)/t11-/m1/s1. The molecule has 1 aromatic carbocycles. The molecule has 1 atom stereocenters. The van der Waals surface area contributed by atoms with Gasteiger partial charge in [-0.2, -0.15) is 0 Å². The van der Waals surface area contributed by atoms with E-state index in [9.17, 15) is 14.9 Å². The van der Waals surface area contributed by atoms with Crippen LogP contribution in [-0.2, 0) is 17.8 Å². The molecule has 1 aromatic heterocycles. The van der Waals surface area contributed by atoms with Crippen molar-refractivity contribution in [3.8, 4) is 5.75 Å². The summed E-state index contributed by atoms with van der Waals surface area (Å²) >= 11 is 1.35. The number of anilines is 1. The van der Waals surface area contributed by atoms with Crippen LogP contribution in [0, 0.1) is 10.1 Å². The number of aryl methyl sites for hydroxylation is 1. The molecule has 0 radical (unpaired) electrons. The molecule has 10 heteroatoms. The maximum Gasteiger partial charge on any atom is 0.273 e. The molecule has 27 heavy (non-hydrogen) atoms. The minimum absolute atomic E-state index is 0.0987. The lowest BCUT2D eigenvalue weighted by molar-refractivity contribution is -0.384. The molecular weight excluding hydrogens is 370 g/mol. The molecule has 0 spiro atoms. The third-order valence-corrected chi connectivity index (χ3v) is 5.46. The fourth-order valence-electron chi connectivity index (χ4n) is 2.89. The summed E-state index contributed by atoms with van der Waals surface area (Å²) in [5.41, 5.74) is 0.291. The normalized spacial score (nSPS) is 14.7. The van der Waals surface area contributed by atoms with E-state index in [1.54, 1.807) is 6.92 Å². The van der Waals surface area contributed by atoms with Crippen molar-refractivity contribution in [2.75, 3.05) is 12.4 Å². The highest BCUT2D eigenvalue weighted by Crippen LogP contribution is 2.31. The molecule has 1 aliphatic heterocycles. The average molecular weight is 391 g/mol. The van der Waals surface area contributed by atoms with Gasteiger partial charge in [0.1, 0.15) is 11.6 Å². The maximum atomic E-state index is 12.6. The van der Waals surface area contributed by atoms with E-state index in [1.165, 1.54) is 43.5 Å². The summed E-state index contributed by atoms with van der Waals surface area (Å²) in [7, 11) is 1.40. The van der Waals surface area contributed by atoms with Gasteiger partial charge < -0.3 is 14.6 Å². The van der Waals surface area contributed by atoms with E-state index in [0.29, 0.717) is 5.69 Å². The van der Waals surface area contributed by atoms with Gasteiger partial charge in [0.05, 0.1) is 29.0 Å². The van der Waals surface area contributed by atoms with E-state index in [1.807, 2.05) is 0 Å². The van der Waals surface area contributed by atoms with Crippen LogP contribution in [0.1, 0.15) is 32.0 Å². The Labute approximate surface area is 160 Å². The number of thioether (sulfide) groups is 1. The van der Waals surface area contributed by atoms with Gasteiger partial charge >= 0.3 is 0 Å². The van der Waals surface area contributed by atoms with Crippen LogP contribution in [-0.4, -0.2) is 38.0 Å². The molecule has 144 valence electrons. The topological polar surface area (TPSA) is 112 Å². The van der Waals surface area contributed by atoms with Crippen LogP contribution in [0.3, 0.4) is 0 Å². The van der Waals surface area contributed by atoms with Crippen LogP contribution >= 0.6 is 11.8 Å². The monoisotopic (exact) mass is 391 g/mol. The molecule has 0 saturated heterocycles. The average Bonchev–Trinajstić information content (AvgIpc) is 2.88. The van der Waals surface area contributed by atoms with Crippen LogP contribution in [0.2, 0.25) is 0 Å². The lowest BCUT2D eigenvalue weighted by Crippen LogP contribution is -2.23. The minimum atomic E-state index is -0.510. The summed E-state index contributed by atoms with van der Waals surface area (Å²) in [5.74, 6) is 0.976. The quantitative estimate of drug-likeness (QED) is 0.457. The van der Waals surface area contributed by atoms with Crippen LogP contribution in [0.5, 0.6) is 5.75 Å². The number of nitro groups is 1. The third-order valence-electron chi connectivity index (χ3n) is 4.38. The molecule has 1 amide bonds. The molecule has 0 saturated carbocycles. The number of aromatic nitrogens is 3. The van der Waals surface area contributed by atoms with E-state index >= 15 is 0 Å². The fourth-order valence-corrected chi connectivity index (χ4v) is 3.78. The maximum absolute atomic E-state index is 12.6. The van der Waals surface area contributed by atoms with Gasteiger partial charge in [0.25, 0.3) is 5.69 Å². The van der Waals surface area contributed by atoms with Crippen molar-refractivity contribution in [1.82, 2.24) is 14.8 Å². The van der Waals surface area contributed by atoms with Gasteiger partial charge in [-0.05, 0) is 25.8 Å². The Morgan fingerprint density at radius 3 is 2.93 bits per heavy atom. The Morgan fingerprint density at radius 2 is 2.19 bits per heavy atom. The number of hydrogen-bond acceptors (Lipinski definition) is 7. The van der Waals surface area contributed by atoms with Crippen molar-refractivity contribution in [2.45, 2.75) is 49.6 Å². The molecule has 1 N–H and O–H groups in total. The Kier molecular flexibility index (Phi) is 5.94. The second-order valence-corrected chi connectivity index (χ2v) is 7.56. The van der Waals surface area contributed by atoms with Gasteiger partial charge in [-0.3, -0.25) is 14.9 Å². The number of amides is 1. The highest BCUT2D eigenvalue weighted by molar-refractivity contribution is 8.00. The zero-order chi connectivity index (χ0) is 19.4. The van der Waals surface area contributed by atoms with Crippen molar-refractivity contribution in [3.63, 3.8) is 0 Å². The van der Waals surface area contributed by atoms with E-state index in [4.69, 9.17) is 4.74 Å².